The third-order valence-corrected chi connectivity index (χ3v) is 3.41. The molecule has 0 radical (unpaired) electrons. The monoisotopic (exact) mass is 339 g/mol. The summed E-state index contributed by atoms with van der Waals surface area (Å²) < 4.78 is 53.7. The summed E-state index contributed by atoms with van der Waals surface area (Å²) in [7, 11) is 1.50. The SMILES string of the molecule is CN=C(NCCc1c(F)cccc1F)NCc1cc(F)ccc1F. The fourth-order valence-electron chi connectivity index (χ4n) is 2.16. The van der Waals surface area contributed by atoms with Gasteiger partial charge in [0.1, 0.15) is 23.3 Å². The van der Waals surface area contributed by atoms with E-state index in [0.29, 0.717) is 5.96 Å². The van der Waals surface area contributed by atoms with Crippen molar-refractivity contribution in [3.63, 3.8) is 0 Å². The summed E-state index contributed by atoms with van der Waals surface area (Å²) in [6, 6.07) is 6.86. The van der Waals surface area contributed by atoms with Crippen LogP contribution < -0.4 is 10.6 Å². The van der Waals surface area contributed by atoms with Gasteiger partial charge in [-0.1, -0.05) is 6.07 Å². The molecular weight excluding hydrogens is 322 g/mol. The highest BCUT2D eigenvalue weighted by Gasteiger charge is 2.09. The Bertz CT molecular complexity index is 712. The lowest BCUT2D eigenvalue weighted by Gasteiger charge is -2.13. The molecular formula is C17H17F4N3. The molecule has 0 atom stereocenters. The molecule has 0 aliphatic carbocycles. The molecule has 0 saturated heterocycles. The number of hydrogen-bond donors (Lipinski definition) is 2. The van der Waals surface area contributed by atoms with Gasteiger partial charge >= 0.3 is 0 Å². The van der Waals surface area contributed by atoms with Crippen molar-refractivity contribution in [2.45, 2.75) is 13.0 Å². The maximum Gasteiger partial charge on any atom is 0.191 e. The number of hydrogen-bond acceptors (Lipinski definition) is 1. The molecule has 0 heterocycles. The van der Waals surface area contributed by atoms with Gasteiger partial charge in [0.25, 0.3) is 0 Å². The first kappa shape index (κ1) is 17.8. The van der Waals surface area contributed by atoms with Gasteiger partial charge in [0.2, 0.25) is 0 Å². The second-order valence-corrected chi connectivity index (χ2v) is 5.04. The minimum absolute atomic E-state index is 0.0170. The molecule has 128 valence electrons. The molecule has 0 bridgehead atoms. The number of rotatable bonds is 5. The van der Waals surface area contributed by atoms with E-state index in [2.05, 4.69) is 15.6 Å². The van der Waals surface area contributed by atoms with Gasteiger partial charge in [-0.3, -0.25) is 4.99 Å². The van der Waals surface area contributed by atoms with Crippen LogP contribution in [0.25, 0.3) is 0 Å². The summed E-state index contributed by atoms with van der Waals surface area (Å²) >= 11 is 0. The lowest BCUT2D eigenvalue weighted by Crippen LogP contribution is -2.38. The molecule has 0 spiro atoms. The Morgan fingerprint density at radius 2 is 1.67 bits per heavy atom. The minimum Gasteiger partial charge on any atom is -0.356 e. The van der Waals surface area contributed by atoms with Gasteiger partial charge in [0.15, 0.2) is 5.96 Å². The second-order valence-electron chi connectivity index (χ2n) is 5.04. The van der Waals surface area contributed by atoms with E-state index in [9.17, 15) is 17.6 Å². The van der Waals surface area contributed by atoms with Gasteiger partial charge in [0.05, 0.1) is 0 Å². The predicted octanol–water partition coefficient (Wildman–Crippen LogP) is 3.15. The van der Waals surface area contributed by atoms with E-state index in [-0.39, 0.29) is 30.6 Å². The van der Waals surface area contributed by atoms with Crippen LogP contribution in [0.15, 0.2) is 41.4 Å². The summed E-state index contributed by atoms with van der Waals surface area (Å²) in [5.74, 6) is -1.97. The van der Waals surface area contributed by atoms with Crippen LogP contribution in [-0.4, -0.2) is 19.6 Å². The molecule has 0 aromatic heterocycles. The number of aliphatic imine (C=N–C) groups is 1. The van der Waals surface area contributed by atoms with E-state index in [1.807, 2.05) is 0 Å². The maximum atomic E-state index is 13.5. The van der Waals surface area contributed by atoms with Crippen molar-refractivity contribution >= 4 is 5.96 Å². The Kier molecular flexibility index (Phi) is 6.17. The predicted molar refractivity (Wildman–Crippen MR) is 84.6 cm³/mol. The molecule has 3 nitrogen and oxygen atoms in total. The van der Waals surface area contributed by atoms with Crippen molar-refractivity contribution in [1.82, 2.24) is 10.6 Å². The Morgan fingerprint density at radius 1 is 0.958 bits per heavy atom. The van der Waals surface area contributed by atoms with E-state index in [0.717, 1.165) is 18.2 Å². The van der Waals surface area contributed by atoms with Crippen molar-refractivity contribution in [2.75, 3.05) is 13.6 Å². The third kappa shape index (κ3) is 4.71. The summed E-state index contributed by atoms with van der Waals surface area (Å²) in [6.07, 6.45) is 0.119. The normalized spacial score (nSPS) is 11.5. The number of benzene rings is 2. The largest absolute Gasteiger partial charge is 0.356 e. The van der Waals surface area contributed by atoms with E-state index in [4.69, 9.17) is 0 Å². The van der Waals surface area contributed by atoms with E-state index >= 15 is 0 Å². The number of guanidine groups is 1. The highest BCUT2D eigenvalue weighted by Crippen LogP contribution is 2.12. The first-order chi connectivity index (χ1) is 11.5. The molecule has 0 aliphatic heterocycles. The molecule has 7 heteroatoms. The molecule has 0 aliphatic rings. The molecule has 2 aromatic rings. The quantitative estimate of drug-likeness (QED) is 0.499. The van der Waals surface area contributed by atoms with Crippen molar-refractivity contribution in [2.24, 2.45) is 4.99 Å². The average Bonchev–Trinajstić information content (AvgIpc) is 2.56. The molecule has 2 aromatic carbocycles. The van der Waals surface area contributed by atoms with Crippen LogP contribution in [0.1, 0.15) is 11.1 Å². The third-order valence-electron chi connectivity index (χ3n) is 3.41. The number of halogens is 4. The van der Waals surface area contributed by atoms with E-state index in [1.165, 1.54) is 25.2 Å². The highest BCUT2D eigenvalue weighted by atomic mass is 19.1. The summed E-state index contributed by atoms with van der Waals surface area (Å²) in [5.41, 5.74) is 0.134. The standard InChI is InChI=1S/C17H17F4N3/c1-22-17(24-10-11-9-12(18)5-6-14(11)19)23-8-7-13-15(20)3-2-4-16(13)21/h2-6,9H,7-8,10H2,1H3,(H2,22,23,24). The summed E-state index contributed by atoms with van der Waals surface area (Å²) in [6.45, 7) is 0.250. The van der Waals surface area contributed by atoms with Gasteiger partial charge in [-0.05, 0) is 36.8 Å². The van der Waals surface area contributed by atoms with Crippen LogP contribution in [0.4, 0.5) is 17.6 Å². The van der Waals surface area contributed by atoms with Gasteiger partial charge in [-0.15, -0.1) is 0 Å². The molecule has 2 rings (SSSR count). The lowest BCUT2D eigenvalue weighted by atomic mass is 10.1. The first-order valence-electron chi connectivity index (χ1n) is 7.32. The van der Waals surface area contributed by atoms with Crippen molar-refractivity contribution in [3.8, 4) is 0 Å². The molecule has 0 saturated carbocycles. The molecule has 2 N–H and O–H groups in total. The first-order valence-corrected chi connectivity index (χ1v) is 7.32. The van der Waals surface area contributed by atoms with Gasteiger partial charge in [0, 0.05) is 31.3 Å². The van der Waals surface area contributed by atoms with Crippen LogP contribution >= 0.6 is 0 Å². The number of nitrogens with zero attached hydrogens (tertiary/aromatic N) is 1. The van der Waals surface area contributed by atoms with Gasteiger partial charge in [-0.2, -0.15) is 0 Å². The summed E-state index contributed by atoms with van der Waals surface area (Å²) in [5, 5.41) is 5.68. The zero-order chi connectivity index (χ0) is 17.5. The van der Waals surface area contributed by atoms with Gasteiger partial charge in [-0.25, -0.2) is 17.6 Å². The molecule has 0 fully saturated rings. The molecule has 0 unspecified atom stereocenters. The topological polar surface area (TPSA) is 36.4 Å². The Morgan fingerprint density at radius 3 is 2.33 bits per heavy atom. The second kappa shape index (κ2) is 8.33. The summed E-state index contributed by atoms with van der Waals surface area (Å²) in [4.78, 5) is 3.92. The number of nitrogens with one attached hydrogen (secondary N) is 2. The van der Waals surface area contributed by atoms with E-state index in [1.54, 1.807) is 0 Å². The Balaban J connectivity index is 1.88. The van der Waals surface area contributed by atoms with Crippen LogP contribution in [0.5, 0.6) is 0 Å². The smallest absolute Gasteiger partial charge is 0.191 e. The van der Waals surface area contributed by atoms with Crippen molar-refractivity contribution < 1.29 is 17.6 Å². The Hall–Kier alpha value is -2.57. The highest BCUT2D eigenvalue weighted by molar-refractivity contribution is 5.79. The minimum atomic E-state index is -0.610. The van der Waals surface area contributed by atoms with Crippen LogP contribution in [-0.2, 0) is 13.0 Å². The van der Waals surface area contributed by atoms with E-state index < -0.39 is 23.3 Å². The van der Waals surface area contributed by atoms with Crippen molar-refractivity contribution in [1.29, 1.82) is 0 Å². The van der Waals surface area contributed by atoms with Crippen LogP contribution in [0.2, 0.25) is 0 Å². The zero-order valence-electron chi connectivity index (χ0n) is 13.0. The molecule has 24 heavy (non-hydrogen) atoms. The zero-order valence-corrected chi connectivity index (χ0v) is 13.0. The lowest BCUT2D eigenvalue weighted by molar-refractivity contribution is 0.552. The fraction of sp³-hybridized carbons (Fsp3) is 0.235. The van der Waals surface area contributed by atoms with Gasteiger partial charge < -0.3 is 10.6 Å². The Labute approximate surface area is 137 Å². The van der Waals surface area contributed by atoms with Crippen LogP contribution in [0.3, 0.4) is 0 Å². The fourth-order valence-corrected chi connectivity index (χ4v) is 2.16. The average molecular weight is 339 g/mol. The van der Waals surface area contributed by atoms with Crippen molar-refractivity contribution in [3.05, 3.63) is 70.8 Å². The van der Waals surface area contributed by atoms with Crippen LogP contribution in [0, 0.1) is 23.3 Å². The molecule has 0 amide bonds. The maximum absolute atomic E-state index is 13.5.